The lowest BCUT2D eigenvalue weighted by Gasteiger charge is -2.01. The first-order chi connectivity index (χ1) is 9.31. The largest absolute Gasteiger partial charge is 0.497 e. The number of ether oxygens (including phenoxy) is 1. The summed E-state index contributed by atoms with van der Waals surface area (Å²) in [6.45, 7) is 0. The van der Waals surface area contributed by atoms with Crippen LogP contribution in [0.4, 0.5) is 0 Å². The van der Waals surface area contributed by atoms with Crippen LogP contribution < -0.4 is 4.74 Å². The van der Waals surface area contributed by atoms with E-state index in [1.807, 2.05) is 60.7 Å². The van der Waals surface area contributed by atoms with Gasteiger partial charge >= 0.3 is 0 Å². The van der Waals surface area contributed by atoms with Gasteiger partial charge in [0.2, 0.25) is 0 Å². The highest BCUT2D eigenvalue weighted by Gasteiger charge is 2.00. The molecular formula is C16H13NOS. The van der Waals surface area contributed by atoms with Crippen molar-refractivity contribution < 1.29 is 4.74 Å². The second-order valence-corrected chi connectivity index (χ2v) is 4.92. The Morgan fingerprint density at radius 1 is 1.11 bits per heavy atom. The third-order valence-electron chi connectivity index (χ3n) is 2.49. The molecule has 2 nitrogen and oxygen atoms in total. The molecule has 0 saturated carbocycles. The second-order valence-electron chi connectivity index (χ2n) is 3.81. The zero-order valence-electron chi connectivity index (χ0n) is 10.5. The summed E-state index contributed by atoms with van der Waals surface area (Å²) in [6.07, 6.45) is 1.87. The van der Waals surface area contributed by atoms with Gasteiger partial charge in [0.05, 0.1) is 12.0 Å². The smallest absolute Gasteiger partial charge is 0.118 e. The van der Waals surface area contributed by atoms with Crippen LogP contribution in [-0.4, -0.2) is 7.11 Å². The summed E-state index contributed by atoms with van der Waals surface area (Å²) >= 11 is 1.46. The van der Waals surface area contributed by atoms with Gasteiger partial charge in [-0.15, -0.1) is 0 Å². The lowest BCUT2D eigenvalue weighted by atomic mass is 10.2. The fraction of sp³-hybridized carbons (Fsp3) is 0.0625. The molecule has 3 heteroatoms. The van der Waals surface area contributed by atoms with Gasteiger partial charge in [-0.1, -0.05) is 42.1 Å². The highest BCUT2D eigenvalue weighted by Crippen LogP contribution is 2.27. The van der Waals surface area contributed by atoms with Crippen LogP contribution in [0.3, 0.4) is 0 Å². The molecular weight excluding hydrogens is 254 g/mol. The van der Waals surface area contributed by atoms with Crippen molar-refractivity contribution in [1.82, 2.24) is 0 Å². The average molecular weight is 267 g/mol. The molecule has 0 saturated heterocycles. The Balaban J connectivity index is 2.17. The number of hydrogen-bond donors (Lipinski definition) is 0. The molecule has 0 aliphatic heterocycles. The Labute approximate surface area is 117 Å². The third kappa shape index (κ3) is 3.90. The summed E-state index contributed by atoms with van der Waals surface area (Å²) in [5, 5.41) is 9.19. The van der Waals surface area contributed by atoms with E-state index in [-0.39, 0.29) is 0 Å². The fourth-order valence-electron chi connectivity index (χ4n) is 1.55. The van der Waals surface area contributed by atoms with Crippen LogP contribution >= 0.6 is 11.8 Å². The monoisotopic (exact) mass is 267 g/mol. The Morgan fingerprint density at radius 3 is 2.37 bits per heavy atom. The van der Waals surface area contributed by atoms with E-state index in [4.69, 9.17) is 4.74 Å². The molecule has 0 bridgehead atoms. The summed E-state index contributed by atoms with van der Waals surface area (Å²) in [6, 6.07) is 19.7. The first-order valence-corrected chi connectivity index (χ1v) is 6.62. The van der Waals surface area contributed by atoms with Crippen LogP contribution in [-0.2, 0) is 0 Å². The number of allylic oxidation sites excluding steroid dienone is 1. The molecule has 0 fully saturated rings. The van der Waals surface area contributed by atoms with Gasteiger partial charge in [-0.05, 0) is 35.9 Å². The first kappa shape index (κ1) is 13.3. The number of nitrogens with zero attached hydrogens (tertiary/aromatic N) is 1. The summed E-state index contributed by atoms with van der Waals surface area (Å²) in [5.41, 5.74) is 0.987. The maximum atomic E-state index is 9.19. The van der Waals surface area contributed by atoms with E-state index in [0.29, 0.717) is 4.91 Å². The van der Waals surface area contributed by atoms with Crippen LogP contribution in [0.1, 0.15) is 5.56 Å². The number of hydrogen-bond acceptors (Lipinski definition) is 3. The van der Waals surface area contributed by atoms with Crippen molar-refractivity contribution in [3.63, 3.8) is 0 Å². The van der Waals surface area contributed by atoms with Gasteiger partial charge in [0.25, 0.3) is 0 Å². The molecule has 2 rings (SSSR count). The van der Waals surface area contributed by atoms with E-state index in [1.54, 1.807) is 7.11 Å². The number of thioether (sulfide) groups is 1. The maximum absolute atomic E-state index is 9.19. The predicted octanol–water partition coefficient (Wildman–Crippen LogP) is 4.35. The lowest BCUT2D eigenvalue weighted by molar-refractivity contribution is 0.415. The van der Waals surface area contributed by atoms with Gasteiger partial charge in [0.1, 0.15) is 11.8 Å². The highest BCUT2D eigenvalue weighted by molar-refractivity contribution is 8.03. The molecule has 0 aliphatic carbocycles. The van der Waals surface area contributed by atoms with Crippen molar-refractivity contribution in [2.45, 2.75) is 4.90 Å². The van der Waals surface area contributed by atoms with E-state index >= 15 is 0 Å². The topological polar surface area (TPSA) is 33.0 Å². The quantitative estimate of drug-likeness (QED) is 0.610. The molecule has 0 aromatic heterocycles. The van der Waals surface area contributed by atoms with Gasteiger partial charge in [-0.3, -0.25) is 0 Å². The van der Waals surface area contributed by atoms with Crippen molar-refractivity contribution in [2.75, 3.05) is 7.11 Å². The van der Waals surface area contributed by atoms with Crippen LogP contribution in [0, 0.1) is 11.3 Å². The molecule has 0 heterocycles. The van der Waals surface area contributed by atoms with Crippen LogP contribution in [0.2, 0.25) is 0 Å². The molecule has 94 valence electrons. The van der Waals surface area contributed by atoms with Crippen molar-refractivity contribution in [2.24, 2.45) is 0 Å². The maximum Gasteiger partial charge on any atom is 0.118 e. The number of nitriles is 1. The number of benzene rings is 2. The SMILES string of the molecule is COc1ccc(/C=C(\C#N)Sc2ccccc2)cc1. The molecule has 19 heavy (non-hydrogen) atoms. The molecule has 0 amide bonds. The number of methoxy groups -OCH3 is 1. The van der Waals surface area contributed by atoms with Crippen molar-refractivity contribution in [3.05, 3.63) is 65.1 Å². The predicted molar refractivity (Wildman–Crippen MR) is 78.9 cm³/mol. The Bertz CT molecular complexity index is 597. The standard InChI is InChI=1S/C16H13NOS/c1-18-14-9-7-13(8-10-14)11-16(12-17)19-15-5-3-2-4-6-15/h2-11H,1H3/b16-11+. The molecule has 0 radical (unpaired) electrons. The fourth-order valence-corrected chi connectivity index (χ4v) is 2.34. The van der Waals surface area contributed by atoms with Gasteiger partial charge in [0, 0.05) is 4.90 Å². The zero-order valence-corrected chi connectivity index (χ0v) is 11.4. The van der Waals surface area contributed by atoms with Gasteiger partial charge in [-0.2, -0.15) is 5.26 Å². The molecule has 0 atom stereocenters. The van der Waals surface area contributed by atoms with E-state index in [9.17, 15) is 5.26 Å². The minimum Gasteiger partial charge on any atom is -0.497 e. The summed E-state index contributed by atoms with van der Waals surface area (Å²) < 4.78 is 5.11. The molecule has 2 aromatic rings. The molecule has 0 spiro atoms. The van der Waals surface area contributed by atoms with Crippen molar-refractivity contribution >= 4 is 17.8 Å². The van der Waals surface area contributed by atoms with Crippen LogP contribution in [0.5, 0.6) is 5.75 Å². The minimum absolute atomic E-state index is 0.663. The first-order valence-electron chi connectivity index (χ1n) is 5.80. The molecule has 0 N–H and O–H groups in total. The molecule has 2 aromatic carbocycles. The van der Waals surface area contributed by atoms with E-state index in [1.165, 1.54) is 11.8 Å². The van der Waals surface area contributed by atoms with Gasteiger partial charge in [0.15, 0.2) is 0 Å². The van der Waals surface area contributed by atoms with E-state index < -0.39 is 0 Å². The summed E-state index contributed by atoms with van der Waals surface area (Å²) in [4.78, 5) is 1.72. The van der Waals surface area contributed by atoms with Crippen molar-refractivity contribution in [1.29, 1.82) is 5.26 Å². The van der Waals surface area contributed by atoms with Gasteiger partial charge in [-0.25, -0.2) is 0 Å². The zero-order chi connectivity index (χ0) is 13.5. The third-order valence-corrected chi connectivity index (χ3v) is 3.43. The second kappa shape index (κ2) is 6.67. The lowest BCUT2D eigenvalue weighted by Crippen LogP contribution is -1.82. The van der Waals surface area contributed by atoms with Crippen LogP contribution in [0.25, 0.3) is 6.08 Å². The number of rotatable bonds is 4. The van der Waals surface area contributed by atoms with Crippen LogP contribution in [0.15, 0.2) is 64.4 Å². The Kier molecular flexibility index (Phi) is 4.66. The summed E-state index contributed by atoms with van der Waals surface area (Å²) in [7, 11) is 1.64. The highest BCUT2D eigenvalue weighted by atomic mass is 32.2. The van der Waals surface area contributed by atoms with Crippen molar-refractivity contribution in [3.8, 4) is 11.8 Å². The average Bonchev–Trinajstić information content (AvgIpc) is 2.48. The van der Waals surface area contributed by atoms with E-state index in [2.05, 4.69) is 6.07 Å². The van der Waals surface area contributed by atoms with E-state index in [0.717, 1.165) is 16.2 Å². The Hall–Kier alpha value is -2.18. The normalized spacial score (nSPS) is 10.8. The Morgan fingerprint density at radius 2 is 1.79 bits per heavy atom. The molecule has 0 aliphatic rings. The van der Waals surface area contributed by atoms with Gasteiger partial charge < -0.3 is 4.74 Å². The summed E-state index contributed by atoms with van der Waals surface area (Å²) in [5.74, 6) is 0.811. The molecule has 0 unspecified atom stereocenters. The minimum atomic E-state index is 0.663.